The second-order valence-electron chi connectivity index (χ2n) is 5.51. The topological polar surface area (TPSA) is 70.4 Å². The number of carbonyl (C=O) groups excluding carboxylic acids is 2. The molecule has 0 unspecified atom stereocenters. The predicted octanol–water partition coefficient (Wildman–Crippen LogP) is 1.92. The van der Waals surface area contributed by atoms with Gasteiger partial charge in [0, 0.05) is 26.1 Å². The van der Waals surface area contributed by atoms with Gasteiger partial charge in [-0.1, -0.05) is 30.3 Å². The van der Waals surface area contributed by atoms with Crippen LogP contribution < -0.4 is 0 Å². The van der Waals surface area contributed by atoms with Gasteiger partial charge in [-0.15, -0.1) is 0 Å². The molecule has 1 aliphatic rings. The first-order chi connectivity index (χ1) is 10.6. The fraction of sp³-hybridized carbons (Fsp3) is 0.471. The molecule has 2 rings (SSSR count). The van der Waals surface area contributed by atoms with Crippen LogP contribution in [0.15, 0.2) is 30.3 Å². The molecule has 0 aliphatic carbocycles. The molecule has 1 aromatic rings. The number of esters is 1. The lowest BCUT2D eigenvalue weighted by molar-refractivity contribution is -0.164. The molecule has 5 nitrogen and oxygen atoms in total. The van der Waals surface area contributed by atoms with Gasteiger partial charge in [-0.05, 0) is 12.5 Å². The van der Waals surface area contributed by atoms with E-state index in [1.165, 1.54) is 0 Å². The number of ether oxygens (including phenoxy) is 1. The predicted molar refractivity (Wildman–Crippen MR) is 80.6 cm³/mol. The van der Waals surface area contributed by atoms with E-state index in [-0.39, 0.29) is 31.8 Å². The third-order valence-electron chi connectivity index (χ3n) is 3.98. The summed E-state index contributed by atoms with van der Waals surface area (Å²) in [7, 11) is 0. The quantitative estimate of drug-likeness (QED) is 0.614. The molecule has 1 atom stereocenters. The lowest BCUT2D eigenvalue weighted by Gasteiger charge is -2.38. The number of benzene rings is 1. The van der Waals surface area contributed by atoms with Gasteiger partial charge in [-0.25, -0.2) is 0 Å². The summed E-state index contributed by atoms with van der Waals surface area (Å²) < 4.78 is 5.07. The van der Waals surface area contributed by atoms with Crippen molar-refractivity contribution < 1.29 is 14.3 Å². The first kappa shape index (κ1) is 16.2. The third-order valence-corrected chi connectivity index (χ3v) is 3.98. The Kier molecular flexibility index (Phi) is 5.29. The smallest absolute Gasteiger partial charge is 0.322 e. The van der Waals surface area contributed by atoms with Crippen LogP contribution >= 0.6 is 0 Å². The van der Waals surface area contributed by atoms with Crippen LogP contribution in [-0.4, -0.2) is 36.3 Å². The van der Waals surface area contributed by atoms with Gasteiger partial charge in [0.2, 0.25) is 0 Å². The Hall–Kier alpha value is -2.19. The van der Waals surface area contributed by atoms with Crippen LogP contribution in [0, 0.1) is 16.7 Å². The second-order valence-corrected chi connectivity index (χ2v) is 5.51. The van der Waals surface area contributed by atoms with Crippen LogP contribution in [0.1, 0.15) is 25.3 Å². The fourth-order valence-corrected chi connectivity index (χ4v) is 2.83. The van der Waals surface area contributed by atoms with Crippen LogP contribution in [0.25, 0.3) is 0 Å². The molecule has 0 saturated carbocycles. The summed E-state index contributed by atoms with van der Waals surface area (Å²) in [5.74, 6) is -0.754. The Morgan fingerprint density at radius 3 is 2.77 bits per heavy atom. The SMILES string of the molecule is CCOC(=O)[C@@]1(CC#N)CN(Cc2ccccc2)CCC1=O. The molecule has 116 valence electrons. The Morgan fingerprint density at radius 2 is 2.14 bits per heavy atom. The Labute approximate surface area is 130 Å². The maximum atomic E-state index is 12.3. The van der Waals surface area contributed by atoms with E-state index >= 15 is 0 Å². The van der Waals surface area contributed by atoms with E-state index in [2.05, 4.69) is 0 Å². The van der Waals surface area contributed by atoms with Crippen molar-refractivity contribution >= 4 is 11.8 Å². The standard InChI is InChI=1S/C17H20N2O3/c1-2-22-16(21)17(9-10-18)13-19(11-8-15(17)20)12-14-6-4-3-5-7-14/h3-7H,2,8-9,11-13H2,1H3/t17-/m0/s1. The maximum Gasteiger partial charge on any atom is 0.322 e. The molecule has 0 spiro atoms. The van der Waals surface area contributed by atoms with E-state index in [1.807, 2.05) is 41.3 Å². The summed E-state index contributed by atoms with van der Waals surface area (Å²) in [5.41, 5.74) is -0.218. The van der Waals surface area contributed by atoms with Crippen molar-refractivity contribution in [2.75, 3.05) is 19.7 Å². The molecule has 1 aromatic carbocycles. The van der Waals surface area contributed by atoms with Gasteiger partial charge in [0.1, 0.15) is 0 Å². The van der Waals surface area contributed by atoms with Crippen molar-refractivity contribution in [3.63, 3.8) is 0 Å². The lowest BCUT2D eigenvalue weighted by atomic mass is 9.76. The maximum absolute atomic E-state index is 12.3. The number of hydrogen-bond donors (Lipinski definition) is 0. The Bertz CT molecular complexity index is 579. The first-order valence-electron chi connectivity index (χ1n) is 7.46. The number of piperidine rings is 1. The number of Topliss-reactive ketones (excluding diaryl/α,β-unsaturated/α-hetero) is 1. The van der Waals surface area contributed by atoms with Gasteiger partial charge < -0.3 is 4.74 Å². The van der Waals surface area contributed by atoms with Crippen molar-refractivity contribution in [2.24, 2.45) is 5.41 Å². The number of nitriles is 1. The molecule has 0 radical (unpaired) electrons. The number of rotatable bonds is 5. The summed E-state index contributed by atoms with van der Waals surface area (Å²) in [5, 5.41) is 9.07. The number of hydrogen-bond acceptors (Lipinski definition) is 5. The number of ketones is 1. The lowest BCUT2D eigenvalue weighted by Crippen LogP contribution is -2.54. The van der Waals surface area contributed by atoms with Crippen molar-refractivity contribution in [3.8, 4) is 6.07 Å². The van der Waals surface area contributed by atoms with Crippen molar-refractivity contribution in [2.45, 2.75) is 26.3 Å². The highest BCUT2D eigenvalue weighted by Gasteiger charge is 2.50. The highest BCUT2D eigenvalue weighted by atomic mass is 16.5. The summed E-state index contributed by atoms with van der Waals surface area (Å²) in [4.78, 5) is 26.7. The van der Waals surface area contributed by atoms with Gasteiger partial charge in [-0.3, -0.25) is 14.5 Å². The van der Waals surface area contributed by atoms with Gasteiger partial charge >= 0.3 is 5.97 Å². The molecule has 0 N–H and O–H groups in total. The number of likely N-dealkylation sites (tertiary alicyclic amines) is 1. The average Bonchev–Trinajstić information content (AvgIpc) is 2.52. The summed E-state index contributed by atoms with van der Waals surface area (Å²) in [6, 6.07) is 11.9. The Balaban J connectivity index is 2.19. The molecular weight excluding hydrogens is 280 g/mol. The fourth-order valence-electron chi connectivity index (χ4n) is 2.83. The zero-order valence-electron chi connectivity index (χ0n) is 12.7. The number of carbonyl (C=O) groups is 2. The molecule has 1 saturated heterocycles. The van der Waals surface area contributed by atoms with Gasteiger partial charge in [0.05, 0.1) is 19.1 Å². The van der Waals surface area contributed by atoms with Gasteiger partial charge in [-0.2, -0.15) is 5.26 Å². The minimum absolute atomic E-state index is 0.129. The molecule has 1 fully saturated rings. The van der Waals surface area contributed by atoms with Crippen LogP contribution in [0.4, 0.5) is 0 Å². The molecule has 5 heteroatoms. The van der Waals surface area contributed by atoms with Gasteiger partial charge in [0.15, 0.2) is 11.2 Å². The van der Waals surface area contributed by atoms with Gasteiger partial charge in [0.25, 0.3) is 0 Å². The first-order valence-corrected chi connectivity index (χ1v) is 7.46. The molecule has 0 amide bonds. The van der Waals surface area contributed by atoms with Crippen LogP contribution in [0.5, 0.6) is 0 Å². The van der Waals surface area contributed by atoms with E-state index in [1.54, 1.807) is 6.92 Å². The normalized spacial score (nSPS) is 22.1. The summed E-state index contributed by atoms with van der Waals surface area (Å²) in [6.07, 6.45) is 0.142. The molecule has 1 aliphatic heterocycles. The van der Waals surface area contributed by atoms with Crippen LogP contribution in [0.3, 0.4) is 0 Å². The monoisotopic (exact) mass is 300 g/mol. The van der Waals surface area contributed by atoms with Crippen LogP contribution in [0.2, 0.25) is 0 Å². The minimum atomic E-state index is -1.34. The summed E-state index contributed by atoms with van der Waals surface area (Å²) in [6.45, 7) is 3.40. The molecular formula is C17H20N2O3. The zero-order valence-corrected chi connectivity index (χ0v) is 12.7. The van der Waals surface area contributed by atoms with Crippen molar-refractivity contribution in [1.29, 1.82) is 5.26 Å². The zero-order chi connectivity index (χ0) is 16.0. The van der Waals surface area contributed by atoms with Crippen molar-refractivity contribution in [1.82, 2.24) is 4.90 Å². The second kappa shape index (κ2) is 7.19. The van der Waals surface area contributed by atoms with E-state index < -0.39 is 11.4 Å². The number of nitrogens with zero attached hydrogens (tertiary/aromatic N) is 2. The molecule has 1 heterocycles. The average molecular weight is 300 g/mol. The van der Waals surface area contributed by atoms with E-state index in [9.17, 15) is 9.59 Å². The van der Waals surface area contributed by atoms with Crippen LogP contribution in [-0.2, 0) is 20.9 Å². The van der Waals surface area contributed by atoms with E-state index in [0.717, 1.165) is 5.56 Å². The van der Waals surface area contributed by atoms with E-state index in [0.29, 0.717) is 13.1 Å². The largest absolute Gasteiger partial charge is 0.465 e. The third kappa shape index (κ3) is 3.34. The highest BCUT2D eigenvalue weighted by molar-refractivity contribution is 6.05. The highest BCUT2D eigenvalue weighted by Crippen LogP contribution is 2.32. The summed E-state index contributed by atoms with van der Waals surface area (Å²) >= 11 is 0. The van der Waals surface area contributed by atoms with E-state index in [4.69, 9.17) is 10.00 Å². The Morgan fingerprint density at radius 1 is 1.41 bits per heavy atom. The molecule has 22 heavy (non-hydrogen) atoms. The van der Waals surface area contributed by atoms with Crippen molar-refractivity contribution in [3.05, 3.63) is 35.9 Å². The molecule has 0 aromatic heterocycles. The molecule has 0 bridgehead atoms. The minimum Gasteiger partial charge on any atom is -0.465 e.